The van der Waals surface area contributed by atoms with Crippen LogP contribution < -0.4 is 29.8 Å². The second-order valence-corrected chi connectivity index (χ2v) is 6.12. The van der Waals surface area contributed by atoms with Crippen molar-refractivity contribution in [1.29, 1.82) is 0 Å². The minimum Gasteiger partial charge on any atom is -0.490 e. The molecule has 0 aliphatic heterocycles. The fraction of sp³-hybridized carbons (Fsp3) is 0.364. The summed E-state index contributed by atoms with van der Waals surface area (Å²) in [5.41, 5.74) is 5.00. The minimum atomic E-state index is -0.800. The minimum absolute atomic E-state index is 0.252. The van der Waals surface area contributed by atoms with Crippen LogP contribution in [0.2, 0.25) is 0 Å². The maximum Gasteiger partial charge on any atom is 0.279 e. The number of nitrogens with one attached hydrogen (secondary N) is 2. The third kappa shape index (κ3) is 6.30. The molecule has 30 heavy (non-hydrogen) atoms. The molecule has 0 aliphatic carbocycles. The highest BCUT2D eigenvalue weighted by molar-refractivity contribution is 5.97. The van der Waals surface area contributed by atoms with Gasteiger partial charge >= 0.3 is 0 Å². The number of hydrazine groups is 1. The zero-order chi connectivity index (χ0) is 21.9. The highest BCUT2D eigenvalue weighted by Crippen LogP contribution is 2.39. The first-order valence-corrected chi connectivity index (χ1v) is 9.88. The average molecular weight is 416 g/mol. The molecule has 0 aromatic heterocycles. The molecule has 0 heterocycles. The monoisotopic (exact) mass is 416 g/mol. The molecule has 162 valence electrons. The van der Waals surface area contributed by atoms with Crippen LogP contribution in [0, 0.1) is 0 Å². The Bertz CT molecular complexity index is 814. The number of amides is 2. The van der Waals surface area contributed by atoms with Crippen molar-refractivity contribution in [2.45, 2.75) is 33.8 Å². The van der Waals surface area contributed by atoms with E-state index in [1.807, 2.05) is 26.8 Å². The van der Waals surface area contributed by atoms with Crippen molar-refractivity contribution in [3.05, 3.63) is 48.0 Å². The Kier molecular flexibility index (Phi) is 8.80. The van der Waals surface area contributed by atoms with Crippen molar-refractivity contribution in [2.24, 2.45) is 0 Å². The van der Waals surface area contributed by atoms with E-state index in [-0.39, 0.29) is 5.56 Å². The highest BCUT2D eigenvalue weighted by atomic mass is 16.5. The summed E-state index contributed by atoms with van der Waals surface area (Å²) >= 11 is 0. The van der Waals surface area contributed by atoms with Crippen LogP contribution in [0.15, 0.2) is 42.5 Å². The van der Waals surface area contributed by atoms with E-state index in [9.17, 15) is 9.59 Å². The van der Waals surface area contributed by atoms with Gasteiger partial charge in [-0.1, -0.05) is 18.2 Å². The normalized spacial score (nSPS) is 11.2. The van der Waals surface area contributed by atoms with Crippen LogP contribution >= 0.6 is 0 Å². The second-order valence-electron chi connectivity index (χ2n) is 6.12. The van der Waals surface area contributed by atoms with Crippen LogP contribution in [0.5, 0.6) is 23.0 Å². The molecule has 8 nitrogen and oxygen atoms in total. The van der Waals surface area contributed by atoms with Crippen LogP contribution in [0.4, 0.5) is 0 Å². The molecule has 2 amide bonds. The molecule has 1 unspecified atom stereocenters. The Hall–Kier alpha value is -3.42. The summed E-state index contributed by atoms with van der Waals surface area (Å²) in [6.07, 6.45) is -0.800. The fourth-order valence-electron chi connectivity index (χ4n) is 2.57. The lowest BCUT2D eigenvalue weighted by molar-refractivity contribution is -0.128. The van der Waals surface area contributed by atoms with Crippen molar-refractivity contribution >= 4 is 11.8 Å². The lowest BCUT2D eigenvalue weighted by Crippen LogP contribution is -2.47. The number of hydrogen-bond acceptors (Lipinski definition) is 6. The first-order valence-electron chi connectivity index (χ1n) is 9.88. The Labute approximate surface area is 176 Å². The average Bonchev–Trinajstić information content (AvgIpc) is 2.74. The van der Waals surface area contributed by atoms with E-state index in [2.05, 4.69) is 10.9 Å². The van der Waals surface area contributed by atoms with Gasteiger partial charge in [-0.25, -0.2) is 0 Å². The third-order valence-corrected chi connectivity index (χ3v) is 3.90. The quantitative estimate of drug-likeness (QED) is 0.578. The fourth-order valence-corrected chi connectivity index (χ4v) is 2.57. The number of para-hydroxylation sites is 1. The van der Waals surface area contributed by atoms with Gasteiger partial charge in [-0.2, -0.15) is 0 Å². The van der Waals surface area contributed by atoms with Gasteiger partial charge < -0.3 is 18.9 Å². The van der Waals surface area contributed by atoms with Crippen molar-refractivity contribution in [3.8, 4) is 23.0 Å². The lowest BCUT2D eigenvalue weighted by atomic mass is 10.1. The topological polar surface area (TPSA) is 95.1 Å². The van der Waals surface area contributed by atoms with Gasteiger partial charge in [0, 0.05) is 5.56 Å². The predicted octanol–water partition coefficient (Wildman–Crippen LogP) is 3.11. The zero-order valence-electron chi connectivity index (χ0n) is 17.7. The van der Waals surface area contributed by atoms with E-state index < -0.39 is 17.9 Å². The molecule has 0 bridgehead atoms. The first kappa shape index (κ1) is 22.9. The molecule has 0 aliphatic rings. The van der Waals surface area contributed by atoms with E-state index in [1.54, 1.807) is 43.3 Å². The van der Waals surface area contributed by atoms with E-state index >= 15 is 0 Å². The molecule has 0 fully saturated rings. The van der Waals surface area contributed by atoms with Crippen LogP contribution in [0.25, 0.3) is 0 Å². The number of hydrogen-bond donors (Lipinski definition) is 2. The molecule has 0 saturated heterocycles. The van der Waals surface area contributed by atoms with Crippen molar-refractivity contribution in [1.82, 2.24) is 10.9 Å². The standard InChI is InChI=1S/C22H28N2O6/c1-5-27-18-13-16(14-19(28-6-2)20(18)29-7-3)22(26)24-23-21(25)15(4)30-17-11-9-8-10-12-17/h8-15H,5-7H2,1-4H3,(H,23,25)(H,24,26). The molecule has 2 aromatic rings. The first-order chi connectivity index (χ1) is 14.5. The number of rotatable bonds is 10. The molecule has 2 aromatic carbocycles. The Balaban J connectivity index is 2.08. The Morgan fingerprint density at radius 1 is 0.867 bits per heavy atom. The largest absolute Gasteiger partial charge is 0.490 e. The lowest BCUT2D eigenvalue weighted by Gasteiger charge is -2.18. The number of ether oxygens (including phenoxy) is 4. The number of carbonyl (C=O) groups is 2. The molecule has 0 saturated carbocycles. The number of carbonyl (C=O) groups excluding carboxylic acids is 2. The van der Waals surface area contributed by atoms with Gasteiger partial charge in [0.2, 0.25) is 5.75 Å². The molecule has 2 N–H and O–H groups in total. The summed E-state index contributed by atoms with van der Waals surface area (Å²) in [7, 11) is 0. The van der Waals surface area contributed by atoms with Gasteiger partial charge in [-0.05, 0) is 52.0 Å². The molecule has 1 atom stereocenters. The summed E-state index contributed by atoms with van der Waals surface area (Å²) < 4.78 is 22.4. The van der Waals surface area contributed by atoms with Crippen molar-refractivity contribution in [2.75, 3.05) is 19.8 Å². The van der Waals surface area contributed by atoms with Crippen LogP contribution in [-0.4, -0.2) is 37.7 Å². The predicted molar refractivity (Wildman–Crippen MR) is 112 cm³/mol. The smallest absolute Gasteiger partial charge is 0.279 e. The van der Waals surface area contributed by atoms with Gasteiger partial charge in [-0.3, -0.25) is 20.4 Å². The van der Waals surface area contributed by atoms with E-state index in [4.69, 9.17) is 18.9 Å². The van der Waals surface area contributed by atoms with Gasteiger partial charge in [0.1, 0.15) is 5.75 Å². The van der Waals surface area contributed by atoms with Gasteiger partial charge in [0.25, 0.3) is 11.8 Å². The van der Waals surface area contributed by atoms with Crippen molar-refractivity contribution < 1.29 is 28.5 Å². The van der Waals surface area contributed by atoms with Gasteiger partial charge in [-0.15, -0.1) is 0 Å². The molecular weight excluding hydrogens is 388 g/mol. The maximum absolute atomic E-state index is 12.6. The van der Waals surface area contributed by atoms with E-state index in [1.165, 1.54) is 0 Å². The van der Waals surface area contributed by atoms with E-state index in [0.717, 1.165) is 0 Å². The molecule has 8 heteroatoms. The van der Waals surface area contributed by atoms with Crippen LogP contribution in [0.3, 0.4) is 0 Å². The molecule has 0 spiro atoms. The van der Waals surface area contributed by atoms with Gasteiger partial charge in [0.15, 0.2) is 17.6 Å². The second kappa shape index (κ2) is 11.5. The highest BCUT2D eigenvalue weighted by Gasteiger charge is 2.20. The maximum atomic E-state index is 12.6. The van der Waals surface area contributed by atoms with Gasteiger partial charge in [0.05, 0.1) is 19.8 Å². The summed E-state index contributed by atoms with van der Waals surface area (Å²) in [5.74, 6) is 0.755. The van der Waals surface area contributed by atoms with Crippen LogP contribution in [-0.2, 0) is 4.79 Å². The number of benzene rings is 2. The Morgan fingerprint density at radius 3 is 1.97 bits per heavy atom. The molecule has 0 radical (unpaired) electrons. The summed E-state index contributed by atoms with van der Waals surface area (Å²) in [6.45, 7) is 8.30. The SMILES string of the molecule is CCOc1cc(C(=O)NNC(=O)C(C)Oc2ccccc2)cc(OCC)c1OCC. The Morgan fingerprint density at radius 2 is 1.43 bits per heavy atom. The summed E-state index contributed by atoms with van der Waals surface area (Å²) in [4.78, 5) is 24.8. The third-order valence-electron chi connectivity index (χ3n) is 3.90. The van der Waals surface area contributed by atoms with Crippen LogP contribution in [0.1, 0.15) is 38.1 Å². The van der Waals surface area contributed by atoms with Crippen molar-refractivity contribution in [3.63, 3.8) is 0 Å². The molecular formula is C22H28N2O6. The zero-order valence-corrected chi connectivity index (χ0v) is 17.7. The summed E-state index contributed by atoms with van der Waals surface area (Å²) in [5, 5.41) is 0. The van der Waals surface area contributed by atoms with E-state index in [0.29, 0.717) is 42.8 Å². The summed E-state index contributed by atoms with van der Waals surface area (Å²) in [6, 6.07) is 12.0. The molecule has 2 rings (SSSR count).